The van der Waals surface area contributed by atoms with E-state index in [2.05, 4.69) is 49.2 Å². The summed E-state index contributed by atoms with van der Waals surface area (Å²) in [5.74, 6) is 0.525. The van der Waals surface area contributed by atoms with Crippen molar-refractivity contribution in [1.82, 2.24) is 25.1 Å². The Kier molecular flexibility index (Phi) is 5.55. The molecule has 0 radical (unpaired) electrons. The van der Waals surface area contributed by atoms with Gasteiger partial charge in [0, 0.05) is 44.2 Å². The predicted molar refractivity (Wildman–Crippen MR) is 152 cm³/mol. The molecule has 0 unspecified atom stereocenters. The Morgan fingerprint density at radius 2 is 1.89 bits per heavy atom. The van der Waals surface area contributed by atoms with Gasteiger partial charge in [-0.05, 0) is 55.2 Å². The lowest BCUT2D eigenvalue weighted by molar-refractivity contribution is 0.649. The standard InChI is InChI=1S/C30H25FN6S/c1-17(18-5-2-3-6-18)34-20-11-19(14-32-15-20)25-13-23-27(16-33-25)36-37-30(23)26-12-22-21(7-4-8-24(22)35-26)28-9-10-29(31)38-28/h4,7-16,18,34-35H,1-3,5-6H2,(H,36,37). The van der Waals surface area contributed by atoms with Crippen molar-refractivity contribution in [2.24, 2.45) is 5.92 Å². The van der Waals surface area contributed by atoms with E-state index >= 15 is 0 Å². The number of pyridine rings is 2. The Labute approximate surface area is 222 Å². The Morgan fingerprint density at radius 3 is 2.74 bits per heavy atom. The zero-order valence-electron chi connectivity index (χ0n) is 20.6. The first-order chi connectivity index (χ1) is 18.6. The molecule has 0 saturated heterocycles. The molecule has 6 aromatic rings. The van der Waals surface area contributed by atoms with Crippen LogP contribution >= 0.6 is 11.3 Å². The minimum absolute atomic E-state index is 0.192. The largest absolute Gasteiger partial charge is 0.358 e. The SMILES string of the molecule is C=C(Nc1cncc(-c2cc3c(-c4cc5c(-c6ccc(F)s6)cccc5[nH]4)n[nH]c3cn2)c1)C1CCCC1. The summed E-state index contributed by atoms with van der Waals surface area (Å²) in [5.41, 5.74) is 8.22. The molecule has 3 N–H and O–H groups in total. The molecule has 0 atom stereocenters. The Bertz CT molecular complexity index is 1810. The Morgan fingerprint density at radius 1 is 1.00 bits per heavy atom. The van der Waals surface area contributed by atoms with Crippen LogP contribution in [0, 0.1) is 11.0 Å². The zero-order chi connectivity index (χ0) is 25.6. The van der Waals surface area contributed by atoms with E-state index in [-0.39, 0.29) is 5.13 Å². The van der Waals surface area contributed by atoms with Crippen LogP contribution in [0.3, 0.4) is 0 Å². The van der Waals surface area contributed by atoms with E-state index in [9.17, 15) is 4.39 Å². The number of H-pyrrole nitrogens is 2. The summed E-state index contributed by atoms with van der Waals surface area (Å²) >= 11 is 1.15. The van der Waals surface area contributed by atoms with Crippen molar-refractivity contribution in [3.8, 4) is 33.1 Å². The van der Waals surface area contributed by atoms with Gasteiger partial charge in [0.05, 0.1) is 35.0 Å². The van der Waals surface area contributed by atoms with E-state index in [1.54, 1.807) is 6.20 Å². The third-order valence-corrected chi connectivity index (χ3v) is 8.30. The van der Waals surface area contributed by atoms with Gasteiger partial charge in [-0.15, -0.1) is 11.3 Å². The Hall–Kier alpha value is -4.30. The van der Waals surface area contributed by atoms with E-state index in [1.807, 2.05) is 42.7 Å². The van der Waals surface area contributed by atoms with Crippen molar-refractivity contribution < 1.29 is 4.39 Å². The van der Waals surface area contributed by atoms with E-state index in [0.717, 1.165) is 77.6 Å². The molecular weight excluding hydrogens is 495 g/mol. The van der Waals surface area contributed by atoms with Crippen LogP contribution in [0.5, 0.6) is 0 Å². The number of anilines is 1. The fourth-order valence-corrected chi connectivity index (χ4v) is 6.22. The van der Waals surface area contributed by atoms with Crippen molar-refractivity contribution in [3.05, 3.63) is 84.5 Å². The maximum atomic E-state index is 13.7. The van der Waals surface area contributed by atoms with Gasteiger partial charge in [0.1, 0.15) is 5.69 Å². The molecule has 8 heteroatoms. The van der Waals surface area contributed by atoms with Crippen molar-refractivity contribution in [2.75, 3.05) is 5.32 Å². The molecule has 1 aliphatic carbocycles. The van der Waals surface area contributed by atoms with Crippen LogP contribution in [-0.2, 0) is 0 Å². The lowest BCUT2D eigenvalue weighted by Gasteiger charge is -2.15. The molecule has 1 aliphatic rings. The van der Waals surface area contributed by atoms with Gasteiger partial charge < -0.3 is 10.3 Å². The molecule has 6 nitrogen and oxygen atoms in total. The highest BCUT2D eigenvalue weighted by Gasteiger charge is 2.19. The van der Waals surface area contributed by atoms with Crippen molar-refractivity contribution in [3.63, 3.8) is 0 Å². The Balaban J connectivity index is 1.24. The number of rotatable bonds is 6. The van der Waals surface area contributed by atoms with Crippen molar-refractivity contribution in [2.45, 2.75) is 25.7 Å². The monoisotopic (exact) mass is 520 g/mol. The second-order valence-corrected chi connectivity index (χ2v) is 10.9. The molecule has 7 rings (SSSR count). The van der Waals surface area contributed by atoms with Crippen molar-refractivity contribution in [1.29, 1.82) is 0 Å². The number of nitrogens with one attached hydrogen (secondary N) is 3. The minimum atomic E-state index is -0.192. The second kappa shape index (κ2) is 9.22. The molecule has 0 aliphatic heterocycles. The fraction of sp³-hybridized carbons (Fsp3) is 0.167. The first-order valence-electron chi connectivity index (χ1n) is 12.8. The minimum Gasteiger partial charge on any atom is -0.358 e. The molecule has 1 saturated carbocycles. The smallest absolute Gasteiger partial charge is 0.176 e. The molecule has 5 aromatic heterocycles. The van der Waals surface area contributed by atoms with E-state index in [4.69, 9.17) is 0 Å². The van der Waals surface area contributed by atoms with Crippen LogP contribution in [0.2, 0.25) is 0 Å². The average molecular weight is 521 g/mol. The van der Waals surface area contributed by atoms with Crippen LogP contribution in [0.25, 0.3) is 54.9 Å². The summed E-state index contributed by atoms with van der Waals surface area (Å²) < 4.78 is 13.7. The normalized spacial score (nSPS) is 14.0. The number of fused-ring (bicyclic) bond motifs is 2. The molecule has 188 valence electrons. The highest BCUT2D eigenvalue weighted by molar-refractivity contribution is 7.14. The number of hydrogen-bond donors (Lipinski definition) is 3. The summed E-state index contributed by atoms with van der Waals surface area (Å²) in [5, 5.41) is 13.0. The third kappa shape index (κ3) is 4.07. The fourth-order valence-electron chi connectivity index (χ4n) is 5.45. The number of nitrogens with zero attached hydrogens (tertiary/aromatic N) is 3. The highest BCUT2D eigenvalue weighted by atomic mass is 32.1. The lowest BCUT2D eigenvalue weighted by atomic mass is 10.0. The molecule has 38 heavy (non-hydrogen) atoms. The van der Waals surface area contributed by atoms with E-state index in [1.165, 1.54) is 31.7 Å². The van der Waals surface area contributed by atoms with Crippen LogP contribution in [-0.4, -0.2) is 25.1 Å². The van der Waals surface area contributed by atoms with Crippen LogP contribution in [0.15, 0.2) is 79.4 Å². The van der Waals surface area contributed by atoms with Crippen LogP contribution in [0.1, 0.15) is 25.7 Å². The highest BCUT2D eigenvalue weighted by Crippen LogP contribution is 2.37. The molecule has 0 amide bonds. The lowest BCUT2D eigenvalue weighted by Crippen LogP contribution is -2.07. The number of aromatic nitrogens is 5. The molecule has 5 heterocycles. The van der Waals surface area contributed by atoms with Gasteiger partial charge in [0.15, 0.2) is 5.13 Å². The van der Waals surface area contributed by atoms with Crippen LogP contribution < -0.4 is 5.32 Å². The van der Waals surface area contributed by atoms with Crippen molar-refractivity contribution >= 4 is 38.8 Å². The summed E-state index contributed by atoms with van der Waals surface area (Å²) in [6.45, 7) is 4.27. The molecular formula is C30H25FN6S. The topological polar surface area (TPSA) is 82.3 Å². The number of benzene rings is 1. The molecule has 0 bridgehead atoms. The maximum Gasteiger partial charge on any atom is 0.176 e. The number of aromatic amines is 2. The van der Waals surface area contributed by atoms with Gasteiger partial charge in [-0.25, -0.2) is 0 Å². The maximum absolute atomic E-state index is 13.7. The summed E-state index contributed by atoms with van der Waals surface area (Å²) in [4.78, 5) is 13.5. The second-order valence-electron chi connectivity index (χ2n) is 9.83. The number of hydrogen-bond acceptors (Lipinski definition) is 5. The predicted octanol–water partition coefficient (Wildman–Crippen LogP) is 8.15. The summed E-state index contributed by atoms with van der Waals surface area (Å²) in [6, 6.07) is 15.5. The number of halogens is 1. The molecule has 1 fully saturated rings. The van der Waals surface area contributed by atoms with Gasteiger partial charge in [-0.2, -0.15) is 9.49 Å². The summed E-state index contributed by atoms with van der Waals surface area (Å²) in [7, 11) is 0. The zero-order valence-corrected chi connectivity index (χ0v) is 21.4. The number of thiophene rings is 1. The van der Waals surface area contributed by atoms with E-state index < -0.39 is 0 Å². The third-order valence-electron chi connectivity index (χ3n) is 7.39. The quantitative estimate of drug-likeness (QED) is 0.207. The van der Waals surface area contributed by atoms with Gasteiger partial charge in [0.25, 0.3) is 0 Å². The van der Waals surface area contributed by atoms with Gasteiger partial charge >= 0.3 is 0 Å². The van der Waals surface area contributed by atoms with Gasteiger partial charge in [0.2, 0.25) is 0 Å². The molecule has 1 aromatic carbocycles. The van der Waals surface area contributed by atoms with E-state index in [0.29, 0.717) is 5.92 Å². The average Bonchev–Trinajstić information content (AvgIpc) is 3.74. The summed E-state index contributed by atoms with van der Waals surface area (Å²) in [6.07, 6.45) is 10.4. The first kappa shape index (κ1) is 22.9. The van der Waals surface area contributed by atoms with Crippen LogP contribution in [0.4, 0.5) is 10.1 Å². The van der Waals surface area contributed by atoms with Gasteiger partial charge in [-0.3, -0.25) is 15.1 Å². The van der Waals surface area contributed by atoms with Gasteiger partial charge in [-0.1, -0.05) is 31.6 Å². The first-order valence-corrected chi connectivity index (χ1v) is 13.6. The number of allylic oxidation sites excluding steroid dienone is 1. The molecule has 0 spiro atoms.